The van der Waals surface area contributed by atoms with Crippen molar-refractivity contribution in [2.45, 2.75) is 25.4 Å². The molecule has 2 atom stereocenters. The minimum Gasteiger partial charge on any atom is -0.453 e. The van der Waals surface area contributed by atoms with Crippen molar-refractivity contribution < 1.29 is 13.9 Å². The molecule has 3 heterocycles. The minimum absolute atomic E-state index is 0.0131. The van der Waals surface area contributed by atoms with Crippen molar-refractivity contribution in [3.63, 3.8) is 0 Å². The second-order valence-corrected chi connectivity index (χ2v) is 8.14. The zero-order valence-corrected chi connectivity index (χ0v) is 18.0. The number of aromatic nitrogens is 2. The maximum absolute atomic E-state index is 14.8. The van der Waals surface area contributed by atoms with Gasteiger partial charge in [0.15, 0.2) is 11.6 Å². The Labute approximate surface area is 185 Å². The Bertz CT molecular complexity index is 1190. The van der Waals surface area contributed by atoms with Gasteiger partial charge in [-0.1, -0.05) is 6.07 Å². The molecule has 0 aliphatic carbocycles. The average Bonchev–Trinajstić information content (AvgIpc) is 3.21. The number of halogens is 1. The van der Waals surface area contributed by atoms with Crippen molar-refractivity contribution in [3.05, 3.63) is 53.6 Å². The Balaban J connectivity index is 1.47. The molecule has 1 aromatic carbocycles. The first-order chi connectivity index (χ1) is 15.4. The number of nitriles is 1. The van der Waals surface area contributed by atoms with Crippen LogP contribution < -0.4 is 10.5 Å². The van der Waals surface area contributed by atoms with E-state index in [0.717, 1.165) is 6.54 Å². The van der Waals surface area contributed by atoms with Crippen LogP contribution in [0, 0.1) is 17.1 Å². The zero-order chi connectivity index (χ0) is 22.8. The number of nitrogens with one attached hydrogen (secondary N) is 1. The van der Waals surface area contributed by atoms with Gasteiger partial charge in [0.25, 0.3) is 0 Å². The van der Waals surface area contributed by atoms with Crippen LogP contribution in [0.3, 0.4) is 0 Å². The van der Waals surface area contributed by atoms with Crippen LogP contribution in [0.5, 0.6) is 11.5 Å². The summed E-state index contributed by atoms with van der Waals surface area (Å²) >= 11 is 0. The number of benzene rings is 1. The first-order valence-corrected chi connectivity index (χ1v) is 10.4. The Morgan fingerprint density at radius 1 is 1.41 bits per heavy atom. The van der Waals surface area contributed by atoms with E-state index in [1.54, 1.807) is 17.0 Å². The molecule has 0 spiro atoms. The molecule has 1 fully saturated rings. The Morgan fingerprint density at radius 2 is 2.22 bits per heavy atom. The molecule has 1 amide bonds. The fraction of sp³-hybridized carbons (Fsp3) is 0.348. The molecule has 0 bridgehead atoms. The number of piperazine rings is 1. The van der Waals surface area contributed by atoms with E-state index in [9.17, 15) is 14.4 Å². The van der Waals surface area contributed by atoms with Crippen LogP contribution >= 0.6 is 0 Å². The number of hydrogen-bond acceptors (Lipinski definition) is 6. The predicted octanol–water partition coefficient (Wildman–Crippen LogP) is 2.40. The second-order valence-electron chi connectivity index (χ2n) is 8.14. The van der Waals surface area contributed by atoms with Gasteiger partial charge in [-0.2, -0.15) is 5.26 Å². The number of aromatic amines is 1. The quantitative estimate of drug-likeness (QED) is 0.635. The Hall–Kier alpha value is -3.48. The van der Waals surface area contributed by atoms with E-state index in [2.05, 4.69) is 27.9 Å². The van der Waals surface area contributed by atoms with E-state index in [1.165, 1.54) is 24.5 Å². The number of nitrogens with two attached hydrogens (primary N) is 1. The maximum Gasteiger partial charge on any atom is 0.239 e. The van der Waals surface area contributed by atoms with Gasteiger partial charge in [-0.15, -0.1) is 0 Å². The van der Waals surface area contributed by atoms with E-state index >= 15 is 0 Å². The number of ether oxygens (including phenoxy) is 1. The summed E-state index contributed by atoms with van der Waals surface area (Å²) in [5.41, 5.74) is 7.61. The number of carbonyl (C=O) groups is 1. The van der Waals surface area contributed by atoms with Crippen molar-refractivity contribution in [1.82, 2.24) is 19.8 Å². The molecule has 1 saturated heterocycles. The number of amides is 1. The second kappa shape index (κ2) is 8.94. The van der Waals surface area contributed by atoms with Crippen molar-refractivity contribution in [2.24, 2.45) is 5.73 Å². The topological polar surface area (TPSA) is 111 Å². The highest BCUT2D eigenvalue weighted by atomic mass is 19.1. The third-order valence-electron chi connectivity index (χ3n) is 5.92. The largest absolute Gasteiger partial charge is 0.453 e. The third kappa shape index (κ3) is 4.28. The summed E-state index contributed by atoms with van der Waals surface area (Å²) < 4.78 is 20.5. The normalized spacial score (nSPS) is 17.8. The molecule has 2 aromatic heterocycles. The zero-order valence-electron chi connectivity index (χ0n) is 18.0. The molecule has 4 rings (SSSR count). The van der Waals surface area contributed by atoms with Crippen molar-refractivity contribution in [3.8, 4) is 17.6 Å². The molecule has 3 aromatic rings. The molecule has 3 N–H and O–H groups in total. The number of likely N-dealkylation sites (N-methyl/N-ethyl adjacent to an activating group) is 1. The number of carbonyl (C=O) groups excluding carboxylic acids is 1. The van der Waals surface area contributed by atoms with Crippen LogP contribution in [0.25, 0.3) is 11.0 Å². The van der Waals surface area contributed by atoms with Gasteiger partial charge in [0.05, 0.1) is 17.0 Å². The first kappa shape index (κ1) is 21.7. The highest BCUT2D eigenvalue weighted by molar-refractivity contribution is 5.88. The van der Waals surface area contributed by atoms with Crippen molar-refractivity contribution >= 4 is 16.9 Å². The maximum atomic E-state index is 14.8. The van der Waals surface area contributed by atoms with Gasteiger partial charge >= 0.3 is 0 Å². The van der Waals surface area contributed by atoms with Gasteiger partial charge in [-0.05, 0) is 44.2 Å². The number of H-pyrrole nitrogens is 1. The van der Waals surface area contributed by atoms with Gasteiger partial charge in [0.1, 0.15) is 17.5 Å². The van der Waals surface area contributed by atoms with Crippen LogP contribution in [-0.4, -0.2) is 64.4 Å². The van der Waals surface area contributed by atoms with Gasteiger partial charge in [0.2, 0.25) is 5.91 Å². The van der Waals surface area contributed by atoms with Crippen LogP contribution in [0.15, 0.2) is 36.7 Å². The molecule has 0 saturated carbocycles. The summed E-state index contributed by atoms with van der Waals surface area (Å²) in [4.78, 5) is 23.8. The van der Waals surface area contributed by atoms with Crippen LogP contribution in [0.2, 0.25) is 0 Å². The fourth-order valence-electron chi connectivity index (χ4n) is 3.90. The van der Waals surface area contributed by atoms with Crippen LogP contribution in [-0.2, 0) is 11.2 Å². The van der Waals surface area contributed by atoms with E-state index < -0.39 is 11.9 Å². The summed E-state index contributed by atoms with van der Waals surface area (Å²) in [5.74, 6) is -0.356. The Kier molecular flexibility index (Phi) is 6.08. The molecule has 0 unspecified atom stereocenters. The number of fused-ring (bicyclic) bond motifs is 1. The van der Waals surface area contributed by atoms with Gasteiger partial charge in [-0.25, -0.2) is 9.37 Å². The summed E-state index contributed by atoms with van der Waals surface area (Å²) in [6, 6.07) is 7.71. The lowest BCUT2D eigenvalue weighted by Crippen LogP contribution is -2.56. The van der Waals surface area contributed by atoms with Gasteiger partial charge < -0.3 is 25.3 Å². The van der Waals surface area contributed by atoms with Gasteiger partial charge in [-0.3, -0.25) is 4.79 Å². The van der Waals surface area contributed by atoms with Gasteiger partial charge in [0, 0.05) is 38.1 Å². The molecule has 1 aliphatic heterocycles. The SMILES string of the molecule is C[C@H]1CN(C(=O)[C@@H](N)Cc2ccc(Oc3ccnc4[nH]cc(C#N)c34)c(F)c2)CCN1C. The number of pyridine rings is 1. The molecule has 1 aliphatic rings. The molecule has 166 valence electrons. The lowest BCUT2D eigenvalue weighted by Gasteiger charge is -2.38. The highest BCUT2D eigenvalue weighted by Gasteiger charge is 2.28. The molecule has 9 heteroatoms. The standard InChI is InChI=1S/C23H25FN6O2/c1-14-13-30(8-7-29(14)2)23(31)18(26)10-15-3-4-19(17(24)9-15)32-20-5-6-27-22-21(20)16(11-25)12-28-22/h3-6,9,12,14,18H,7-8,10,13,26H2,1-2H3,(H,27,28)/t14-,18-/m0/s1. The highest BCUT2D eigenvalue weighted by Crippen LogP contribution is 2.32. The molecular weight excluding hydrogens is 411 g/mol. The number of hydrogen-bond donors (Lipinski definition) is 2. The first-order valence-electron chi connectivity index (χ1n) is 10.4. The van der Waals surface area contributed by atoms with Crippen molar-refractivity contribution in [1.29, 1.82) is 5.26 Å². The van der Waals surface area contributed by atoms with E-state index in [-0.39, 0.29) is 24.1 Å². The van der Waals surface area contributed by atoms with E-state index in [4.69, 9.17) is 10.5 Å². The molecule has 8 nitrogen and oxygen atoms in total. The summed E-state index contributed by atoms with van der Waals surface area (Å²) in [6.07, 6.45) is 3.28. The van der Waals surface area contributed by atoms with E-state index in [1.807, 2.05) is 7.05 Å². The number of rotatable bonds is 5. The smallest absolute Gasteiger partial charge is 0.239 e. The average molecular weight is 436 g/mol. The Morgan fingerprint density at radius 3 is 2.94 bits per heavy atom. The van der Waals surface area contributed by atoms with Crippen LogP contribution in [0.4, 0.5) is 4.39 Å². The molecular formula is C23H25FN6O2. The summed E-state index contributed by atoms with van der Waals surface area (Å²) in [6.45, 7) is 4.15. The monoisotopic (exact) mass is 436 g/mol. The lowest BCUT2D eigenvalue weighted by atomic mass is 10.0. The van der Waals surface area contributed by atoms with Crippen molar-refractivity contribution in [2.75, 3.05) is 26.7 Å². The van der Waals surface area contributed by atoms with E-state index in [0.29, 0.717) is 41.0 Å². The molecule has 32 heavy (non-hydrogen) atoms. The van der Waals surface area contributed by atoms with Crippen LogP contribution in [0.1, 0.15) is 18.1 Å². The molecule has 0 radical (unpaired) electrons. The number of nitrogens with zero attached hydrogens (tertiary/aromatic N) is 4. The fourth-order valence-corrected chi connectivity index (χ4v) is 3.90. The summed E-state index contributed by atoms with van der Waals surface area (Å²) in [5, 5.41) is 9.78. The minimum atomic E-state index is -0.741. The third-order valence-corrected chi connectivity index (χ3v) is 5.92. The summed E-state index contributed by atoms with van der Waals surface area (Å²) in [7, 11) is 2.03. The predicted molar refractivity (Wildman–Crippen MR) is 118 cm³/mol. The lowest BCUT2D eigenvalue weighted by molar-refractivity contribution is -0.135.